The third-order valence-corrected chi connectivity index (χ3v) is 2.96. The van der Waals surface area contributed by atoms with Crippen LogP contribution in [0.1, 0.15) is 22.8 Å². The van der Waals surface area contributed by atoms with Crippen LogP contribution in [0.2, 0.25) is 5.02 Å². The first kappa shape index (κ1) is 14.4. The van der Waals surface area contributed by atoms with E-state index in [0.717, 1.165) is 11.3 Å². The maximum absolute atomic E-state index is 12.0. The number of ketones is 1. The molecule has 0 unspecified atom stereocenters. The number of benzene rings is 2. The van der Waals surface area contributed by atoms with Crippen molar-refractivity contribution in [2.24, 2.45) is 0 Å². The van der Waals surface area contributed by atoms with Gasteiger partial charge in [0.25, 0.3) is 0 Å². The summed E-state index contributed by atoms with van der Waals surface area (Å²) in [6.45, 7) is 2.54. The lowest BCUT2D eigenvalue weighted by molar-refractivity contribution is 0.104. The molecule has 2 aromatic carbocycles. The minimum absolute atomic E-state index is 0.0481. The molecule has 3 heteroatoms. The molecule has 0 atom stereocenters. The first-order valence-corrected chi connectivity index (χ1v) is 6.77. The van der Waals surface area contributed by atoms with Crippen molar-refractivity contribution in [3.8, 4) is 5.75 Å². The smallest absolute Gasteiger partial charge is 0.185 e. The lowest BCUT2D eigenvalue weighted by Gasteiger charge is -2.02. The van der Waals surface area contributed by atoms with Gasteiger partial charge in [0.2, 0.25) is 0 Å². The third-order valence-electron chi connectivity index (χ3n) is 2.73. The Hall–Kier alpha value is -2.06. The summed E-state index contributed by atoms with van der Waals surface area (Å²) in [6, 6.07) is 14.5. The molecule has 0 saturated carbocycles. The minimum atomic E-state index is -0.0481. The number of allylic oxidation sites excluding steroid dienone is 1. The van der Waals surface area contributed by atoms with E-state index in [1.54, 1.807) is 42.5 Å². The van der Waals surface area contributed by atoms with E-state index in [9.17, 15) is 4.79 Å². The van der Waals surface area contributed by atoms with Gasteiger partial charge in [0.05, 0.1) is 6.61 Å². The van der Waals surface area contributed by atoms with E-state index in [1.807, 2.05) is 25.1 Å². The van der Waals surface area contributed by atoms with Gasteiger partial charge < -0.3 is 4.74 Å². The van der Waals surface area contributed by atoms with Gasteiger partial charge >= 0.3 is 0 Å². The van der Waals surface area contributed by atoms with E-state index in [0.29, 0.717) is 17.2 Å². The summed E-state index contributed by atoms with van der Waals surface area (Å²) < 4.78 is 5.34. The Morgan fingerprint density at radius 3 is 2.60 bits per heavy atom. The van der Waals surface area contributed by atoms with Crippen LogP contribution < -0.4 is 4.74 Å². The number of hydrogen-bond donors (Lipinski definition) is 0. The summed E-state index contributed by atoms with van der Waals surface area (Å²) >= 11 is 5.89. The Labute approximate surface area is 123 Å². The molecule has 20 heavy (non-hydrogen) atoms. The van der Waals surface area contributed by atoms with Gasteiger partial charge in [-0.05, 0) is 55.0 Å². The normalized spacial score (nSPS) is 10.7. The van der Waals surface area contributed by atoms with Crippen LogP contribution in [0.3, 0.4) is 0 Å². The number of carbonyl (C=O) groups excluding carboxylic acids is 1. The Bertz CT molecular complexity index is 615. The van der Waals surface area contributed by atoms with Gasteiger partial charge in [0.15, 0.2) is 5.78 Å². The van der Waals surface area contributed by atoms with E-state index >= 15 is 0 Å². The molecule has 0 spiro atoms. The molecule has 102 valence electrons. The zero-order chi connectivity index (χ0) is 14.4. The standard InChI is InChI=1S/C17H15ClO2/c1-2-20-16-9-7-14(8-10-16)17(19)11-6-13-4-3-5-15(18)12-13/h3-12H,2H2,1H3. The van der Waals surface area contributed by atoms with E-state index < -0.39 is 0 Å². The van der Waals surface area contributed by atoms with Crippen molar-refractivity contribution in [1.82, 2.24) is 0 Å². The third kappa shape index (κ3) is 3.97. The largest absolute Gasteiger partial charge is 0.494 e. The van der Waals surface area contributed by atoms with Crippen LogP contribution in [0.5, 0.6) is 5.75 Å². The molecule has 0 amide bonds. The van der Waals surface area contributed by atoms with Crippen LogP contribution >= 0.6 is 11.6 Å². The zero-order valence-corrected chi connectivity index (χ0v) is 11.9. The van der Waals surface area contributed by atoms with Crippen molar-refractivity contribution in [3.05, 3.63) is 70.8 Å². The summed E-state index contributed by atoms with van der Waals surface area (Å²) in [7, 11) is 0. The van der Waals surface area contributed by atoms with Gasteiger partial charge in [0.1, 0.15) is 5.75 Å². The Morgan fingerprint density at radius 2 is 1.95 bits per heavy atom. The monoisotopic (exact) mass is 286 g/mol. The molecule has 0 bridgehead atoms. The predicted octanol–water partition coefficient (Wildman–Crippen LogP) is 4.63. The highest BCUT2D eigenvalue weighted by Crippen LogP contribution is 2.15. The fourth-order valence-corrected chi connectivity index (χ4v) is 1.96. The molecule has 0 aliphatic carbocycles. The van der Waals surface area contributed by atoms with Crippen molar-refractivity contribution in [2.75, 3.05) is 6.61 Å². The second-order valence-corrected chi connectivity index (χ2v) is 4.65. The summed E-state index contributed by atoms with van der Waals surface area (Å²) in [4.78, 5) is 12.0. The van der Waals surface area contributed by atoms with Crippen LogP contribution in [0.25, 0.3) is 6.08 Å². The zero-order valence-electron chi connectivity index (χ0n) is 11.2. The van der Waals surface area contributed by atoms with Crippen molar-refractivity contribution in [2.45, 2.75) is 6.92 Å². The lowest BCUT2D eigenvalue weighted by Crippen LogP contribution is -1.95. The molecule has 0 aliphatic rings. The summed E-state index contributed by atoms with van der Waals surface area (Å²) in [5, 5.41) is 0.653. The van der Waals surface area contributed by atoms with Crippen molar-refractivity contribution in [1.29, 1.82) is 0 Å². The maximum Gasteiger partial charge on any atom is 0.185 e. The van der Waals surface area contributed by atoms with Crippen LogP contribution in [0.15, 0.2) is 54.6 Å². The Morgan fingerprint density at radius 1 is 1.20 bits per heavy atom. The number of ether oxygens (including phenoxy) is 1. The second-order valence-electron chi connectivity index (χ2n) is 4.21. The predicted molar refractivity (Wildman–Crippen MR) is 82.4 cm³/mol. The number of carbonyl (C=O) groups is 1. The van der Waals surface area contributed by atoms with E-state index in [4.69, 9.17) is 16.3 Å². The summed E-state index contributed by atoms with van der Waals surface area (Å²) in [6.07, 6.45) is 3.30. The molecule has 0 N–H and O–H groups in total. The summed E-state index contributed by atoms with van der Waals surface area (Å²) in [5.41, 5.74) is 1.53. The van der Waals surface area contributed by atoms with Gasteiger partial charge in [-0.15, -0.1) is 0 Å². The second kappa shape index (κ2) is 6.92. The first-order valence-electron chi connectivity index (χ1n) is 6.40. The summed E-state index contributed by atoms with van der Waals surface area (Å²) in [5.74, 6) is 0.718. The fourth-order valence-electron chi connectivity index (χ4n) is 1.76. The SMILES string of the molecule is CCOc1ccc(C(=O)C=Cc2cccc(Cl)c2)cc1. The van der Waals surface area contributed by atoms with Crippen LogP contribution in [0.4, 0.5) is 0 Å². The van der Waals surface area contributed by atoms with Gasteiger partial charge in [-0.3, -0.25) is 4.79 Å². The van der Waals surface area contributed by atoms with E-state index in [-0.39, 0.29) is 5.78 Å². The highest BCUT2D eigenvalue weighted by molar-refractivity contribution is 6.30. The molecule has 0 aromatic heterocycles. The molecular formula is C17H15ClO2. The minimum Gasteiger partial charge on any atom is -0.494 e. The quantitative estimate of drug-likeness (QED) is 0.591. The molecule has 0 radical (unpaired) electrons. The van der Waals surface area contributed by atoms with Gasteiger partial charge in [-0.2, -0.15) is 0 Å². The van der Waals surface area contributed by atoms with Crippen LogP contribution in [-0.2, 0) is 0 Å². The molecule has 0 aliphatic heterocycles. The van der Waals surface area contributed by atoms with E-state index in [2.05, 4.69) is 0 Å². The average molecular weight is 287 g/mol. The molecule has 2 rings (SSSR count). The highest BCUT2D eigenvalue weighted by Gasteiger charge is 2.02. The first-order chi connectivity index (χ1) is 9.69. The highest BCUT2D eigenvalue weighted by atomic mass is 35.5. The average Bonchev–Trinajstić information content (AvgIpc) is 2.46. The molecule has 2 nitrogen and oxygen atoms in total. The maximum atomic E-state index is 12.0. The van der Waals surface area contributed by atoms with Crippen molar-refractivity contribution in [3.63, 3.8) is 0 Å². The van der Waals surface area contributed by atoms with E-state index in [1.165, 1.54) is 0 Å². The number of rotatable bonds is 5. The molecular weight excluding hydrogens is 272 g/mol. The van der Waals surface area contributed by atoms with Crippen molar-refractivity contribution >= 4 is 23.5 Å². The van der Waals surface area contributed by atoms with Crippen LogP contribution in [0, 0.1) is 0 Å². The fraction of sp³-hybridized carbons (Fsp3) is 0.118. The molecule has 0 fully saturated rings. The van der Waals surface area contributed by atoms with Gasteiger partial charge in [-0.1, -0.05) is 29.8 Å². The van der Waals surface area contributed by atoms with Gasteiger partial charge in [0, 0.05) is 10.6 Å². The Balaban J connectivity index is 2.07. The lowest BCUT2D eigenvalue weighted by atomic mass is 10.1. The number of halogens is 1. The Kier molecular flexibility index (Phi) is 4.97. The van der Waals surface area contributed by atoms with Crippen molar-refractivity contribution < 1.29 is 9.53 Å². The molecule has 2 aromatic rings. The van der Waals surface area contributed by atoms with Crippen LogP contribution in [-0.4, -0.2) is 12.4 Å². The number of hydrogen-bond acceptors (Lipinski definition) is 2. The molecule has 0 saturated heterocycles. The topological polar surface area (TPSA) is 26.3 Å². The molecule has 0 heterocycles. The van der Waals surface area contributed by atoms with Gasteiger partial charge in [-0.25, -0.2) is 0 Å².